The summed E-state index contributed by atoms with van der Waals surface area (Å²) in [7, 11) is 0. The van der Waals surface area contributed by atoms with E-state index >= 15 is 0 Å². The van der Waals surface area contributed by atoms with Gasteiger partial charge in [0.25, 0.3) is 0 Å². The molecule has 2 N–H and O–H groups in total. The van der Waals surface area contributed by atoms with E-state index in [1.165, 1.54) is 42.6 Å². The lowest BCUT2D eigenvalue weighted by atomic mass is 10.0. The number of amides is 2. The molecule has 0 atom stereocenters. The Hall–Kier alpha value is -3.62. The second kappa shape index (κ2) is 11.6. The molecule has 2 amide bonds. The number of hydrazone groups is 1. The molecule has 0 fully saturated rings. The van der Waals surface area contributed by atoms with Crippen molar-refractivity contribution in [2.75, 3.05) is 5.32 Å². The number of anilines is 1. The third kappa shape index (κ3) is 6.39. The summed E-state index contributed by atoms with van der Waals surface area (Å²) in [6.45, 7) is 0. The summed E-state index contributed by atoms with van der Waals surface area (Å²) in [5.74, 6) is -2.56. The van der Waals surface area contributed by atoms with E-state index in [-0.39, 0.29) is 27.0 Å². The van der Waals surface area contributed by atoms with Crippen LogP contribution in [-0.4, -0.2) is 24.0 Å². The minimum absolute atomic E-state index is 0.120. The molecular weight excluding hydrogens is 560 g/mol. The van der Waals surface area contributed by atoms with Crippen molar-refractivity contribution >= 4 is 86.9 Å². The fraction of sp³-hybridized carbons (Fsp3) is 0. The largest absolute Gasteiger partial charge is 0.422 e. The van der Waals surface area contributed by atoms with Crippen LogP contribution in [0.2, 0.25) is 20.1 Å². The standard InChI is InChI=1S/C26H15Cl4N3O4/c27-15-6-8-18(21(29)11-15)26(36)37-23-10-5-14-3-1-2-4-17(14)19(23)13-31-33-25(35)24(34)32-16-7-9-20(28)22(30)12-16/h1-13H,(H,32,34)(H,33,35). The lowest BCUT2D eigenvalue weighted by Gasteiger charge is -2.11. The summed E-state index contributed by atoms with van der Waals surface area (Å²) in [5, 5.41) is 8.83. The second-order valence-electron chi connectivity index (χ2n) is 7.49. The topological polar surface area (TPSA) is 96.9 Å². The molecule has 7 nitrogen and oxygen atoms in total. The summed E-state index contributed by atoms with van der Waals surface area (Å²) in [4.78, 5) is 37.3. The second-order valence-corrected chi connectivity index (χ2v) is 9.15. The molecule has 0 aliphatic rings. The first kappa shape index (κ1) is 26.4. The zero-order valence-corrected chi connectivity index (χ0v) is 21.6. The highest BCUT2D eigenvalue weighted by Gasteiger charge is 2.17. The van der Waals surface area contributed by atoms with Crippen LogP contribution >= 0.6 is 46.4 Å². The van der Waals surface area contributed by atoms with Gasteiger partial charge in [0.05, 0.1) is 26.8 Å². The van der Waals surface area contributed by atoms with E-state index in [4.69, 9.17) is 51.1 Å². The van der Waals surface area contributed by atoms with Gasteiger partial charge in [-0.15, -0.1) is 0 Å². The lowest BCUT2D eigenvalue weighted by molar-refractivity contribution is -0.136. The number of rotatable bonds is 5. The van der Waals surface area contributed by atoms with Crippen molar-refractivity contribution in [3.05, 3.63) is 104 Å². The number of hydrogen-bond acceptors (Lipinski definition) is 5. The van der Waals surface area contributed by atoms with Gasteiger partial charge in [-0.25, -0.2) is 10.2 Å². The summed E-state index contributed by atoms with van der Waals surface area (Å²) >= 11 is 23.8. The molecule has 0 aliphatic carbocycles. The predicted octanol–water partition coefficient (Wildman–Crippen LogP) is 6.76. The molecule has 0 radical (unpaired) electrons. The van der Waals surface area contributed by atoms with Gasteiger partial charge in [0.2, 0.25) is 0 Å². The molecule has 0 unspecified atom stereocenters. The average Bonchev–Trinajstić information content (AvgIpc) is 2.87. The lowest BCUT2D eigenvalue weighted by Crippen LogP contribution is -2.32. The van der Waals surface area contributed by atoms with Gasteiger partial charge < -0.3 is 10.1 Å². The Bertz CT molecular complexity index is 1570. The monoisotopic (exact) mass is 573 g/mol. The molecule has 186 valence electrons. The molecule has 0 saturated heterocycles. The Morgan fingerprint density at radius 3 is 2.32 bits per heavy atom. The Balaban J connectivity index is 1.55. The van der Waals surface area contributed by atoms with Crippen molar-refractivity contribution in [3.8, 4) is 5.75 Å². The zero-order chi connectivity index (χ0) is 26.5. The number of esters is 1. The number of benzene rings is 4. The van der Waals surface area contributed by atoms with Gasteiger partial charge in [-0.3, -0.25) is 9.59 Å². The Morgan fingerprint density at radius 1 is 0.784 bits per heavy atom. The van der Waals surface area contributed by atoms with Crippen LogP contribution in [0.5, 0.6) is 5.75 Å². The van der Waals surface area contributed by atoms with Gasteiger partial charge in [0.1, 0.15) is 5.75 Å². The first-order valence-electron chi connectivity index (χ1n) is 10.5. The van der Waals surface area contributed by atoms with Gasteiger partial charge in [-0.05, 0) is 53.2 Å². The van der Waals surface area contributed by atoms with Crippen LogP contribution in [0, 0.1) is 0 Å². The highest BCUT2D eigenvalue weighted by atomic mass is 35.5. The van der Waals surface area contributed by atoms with Gasteiger partial charge in [-0.1, -0.05) is 76.7 Å². The summed E-state index contributed by atoms with van der Waals surface area (Å²) in [6.07, 6.45) is 1.28. The van der Waals surface area contributed by atoms with E-state index in [0.717, 1.165) is 5.39 Å². The van der Waals surface area contributed by atoms with Crippen molar-refractivity contribution in [3.63, 3.8) is 0 Å². The number of nitrogens with one attached hydrogen (secondary N) is 2. The number of nitrogens with zero attached hydrogens (tertiary/aromatic N) is 1. The Morgan fingerprint density at radius 2 is 1.57 bits per heavy atom. The number of halogens is 4. The van der Waals surface area contributed by atoms with Crippen LogP contribution in [-0.2, 0) is 9.59 Å². The summed E-state index contributed by atoms with van der Waals surface area (Å²) in [6, 6.07) is 19.4. The van der Waals surface area contributed by atoms with Crippen molar-refractivity contribution in [2.24, 2.45) is 5.10 Å². The van der Waals surface area contributed by atoms with Crippen LogP contribution < -0.4 is 15.5 Å². The maximum absolute atomic E-state index is 12.8. The molecule has 0 saturated carbocycles. The molecular formula is C26H15Cl4N3O4. The first-order chi connectivity index (χ1) is 17.7. The number of fused-ring (bicyclic) bond motifs is 1. The zero-order valence-electron chi connectivity index (χ0n) is 18.6. The van der Waals surface area contributed by atoms with Gasteiger partial charge in [0.15, 0.2) is 0 Å². The Kier molecular flexibility index (Phi) is 8.31. The van der Waals surface area contributed by atoms with Crippen molar-refractivity contribution in [1.82, 2.24) is 5.43 Å². The molecule has 4 aromatic carbocycles. The van der Waals surface area contributed by atoms with Gasteiger partial charge >= 0.3 is 17.8 Å². The van der Waals surface area contributed by atoms with E-state index < -0.39 is 17.8 Å². The van der Waals surface area contributed by atoms with Crippen LogP contribution in [0.4, 0.5) is 5.69 Å². The molecule has 0 spiro atoms. The van der Waals surface area contributed by atoms with E-state index in [1.54, 1.807) is 24.3 Å². The normalized spacial score (nSPS) is 10.9. The van der Waals surface area contributed by atoms with Crippen LogP contribution in [0.25, 0.3) is 10.8 Å². The third-order valence-corrected chi connectivity index (χ3v) is 6.31. The summed E-state index contributed by atoms with van der Waals surface area (Å²) in [5.41, 5.74) is 2.94. The number of hydrogen-bond donors (Lipinski definition) is 2. The van der Waals surface area contributed by atoms with E-state index in [9.17, 15) is 14.4 Å². The van der Waals surface area contributed by atoms with Crippen molar-refractivity contribution in [2.45, 2.75) is 0 Å². The van der Waals surface area contributed by atoms with E-state index in [0.29, 0.717) is 21.0 Å². The summed E-state index contributed by atoms with van der Waals surface area (Å²) < 4.78 is 5.59. The number of carbonyl (C=O) groups excluding carboxylic acids is 3. The molecule has 4 aromatic rings. The molecule has 0 aliphatic heterocycles. The highest BCUT2D eigenvalue weighted by Crippen LogP contribution is 2.29. The molecule has 11 heteroatoms. The number of carbonyl (C=O) groups is 3. The number of ether oxygens (including phenoxy) is 1. The van der Waals surface area contributed by atoms with Gasteiger partial charge in [-0.2, -0.15) is 5.10 Å². The maximum atomic E-state index is 12.8. The predicted molar refractivity (Wildman–Crippen MR) is 146 cm³/mol. The average molecular weight is 575 g/mol. The third-order valence-electron chi connectivity index (χ3n) is 5.03. The highest BCUT2D eigenvalue weighted by molar-refractivity contribution is 6.43. The quantitative estimate of drug-likeness (QED) is 0.0904. The fourth-order valence-electron chi connectivity index (χ4n) is 3.28. The van der Waals surface area contributed by atoms with Crippen molar-refractivity contribution in [1.29, 1.82) is 0 Å². The van der Waals surface area contributed by atoms with E-state index in [2.05, 4.69) is 15.8 Å². The van der Waals surface area contributed by atoms with Crippen LogP contribution in [0.3, 0.4) is 0 Å². The molecule has 37 heavy (non-hydrogen) atoms. The Labute approximate surface area is 230 Å². The minimum Gasteiger partial charge on any atom is -0.422 e. The molecule has 0 bridgehead atoms. The minimum atomic E-state index is -1.03. The van der Waals surface area contributed by atoms with E-state index in [1.807, 2.05) is 12.1 Å². The fourth-order valence-corrected chi connectivity index (χ4v) is 4.06. The molecule has 0 heterocycles. The van der Waals surface area contributed by atoms with Crippen LogP contribution in [0.15, 0.2) is 77.9 Å². The van der Waals surface area contributed by atoms with Crippen molar-refractivity contribution < 1.29 is 19.1 Å². The van der Waals surface area contributed by atoms with Gasteiger partial charge in [0, 0.05) is 16.3 Å². The molecule has 0 aromatic heterocycles. The smallest absolute Gasteiger partial charge is 0.345 e. The SMILES string of the molecule is O=C(NN=Cc1c(OC(=O)c2ccc(Cl)cc2Cl)ccc2ccccc12)C(=O)Nc1ccc(Cl)c(Cl)c1. The molecule has 4 rings (SSSR count). The first-order valence-corrected chi connectivity index (χ1v) is 12.0. The maximum Gasteiger partial charge on any atom is 0.345 e. The van der Waals surface area contributed by atoms with Crippen LogP contribution in [0.1, 0.15) is 15.9 Å².